The quantitative estimate of drug-likeness (QED) is 0.0169. The normalized spacial score (nSPS) is 14.6. The highest BCUT2D eigenvalue weighted by Crippen LogP contribution is 2.45. The molecule has 104 heavy (non-hydrogen) atoms. The number of esters is 4. The molecule has 0 aliphatic heterocycles. The van der Waals surface area contributed by atoms with E-state index in [1.807, 2.05) is 18.2 Å². The van der Waals surface area contributed by atoms with Gasteiger partial charge in [-0.2, -0.15) is 0 Å². The number of hydrogen-bond donors (Lipinski definition) is 3. The first kappa shape index (κ1) is 98.9. The molecule has 19 heteroatoms. The lowest BCUT2D eigenvalue weighted by Crippen LogP contribution is -2.30. The first-order valence-corrected chi connectivity index (χ1v) is 43.1. The predicted molar refractivity (Wildman–Crippen MR) is 427 cm³/mol. The van der Waals surface area contributed by atoms with Crippen molar-refractivity contribution in [2.75, 3.05) is 39.6 Å². The third-order valence-corrected chi connectivity index (χ3v) is 18.2. The Hall–Kier alpha value is -5.06. The molecule has 5 unspecified atom stereocenters. The summed E-state index contributed by atoms with van der Waals surface area (Å²) in [6, 6.07) is 0. The molecule has 0 aromatic carbocycles. The van der Waals surface area contributed by atoms with E-state index in [-0.39, 0.29) is 25.7 Å². The first-order valence-electron chi connectivity index (χ1n) is 40.1. The van der Waals surface area contributed by atoms with Crippen LogP contribution in [-0.2, 0) is 65.4 Å². The molecule has 0 aromatic rings. The molecule has 0 saturated heterocycles. The van der Waals surface area contributed by atoms with Crippen molar-refractivity contribution >= 4 is 39.5 Å². The molecule has 5 atom stereocenters. The van der Waals surface area contributed by atoms with Gasteiger partial charge in [0.15, 0.2) is 12.2 Å². The van der Waals surface area contributed by atoms with Gasteiger partial charge in [0.25, 0.3) is 0 Å². The summed E-state index contributed by atoms with van der Waals surface area (Å²) in [5.41, 5.74) is 0. The van der Waals surface area contributed by atoms with Crippen molar-refractivity contribution in [1.82, 2.24) is 0 Å². The van der Waals surface area contributed by atoms with E-state index in [0.29, 0.717) is 32.1 Å². The van der Waals surface area contributed by atoms with Gasteiger partial charge < -0.3 is 33.8 Å². The van der Waals surface area contributed by atoms with E-state index in [1.165, 1.54) is 51.4 Å². The number of allylic oxidation sites excluding steroid dienone is 24. The summed E-state index contributed by atoms with van der Waals surface area (Å²) in [6.45, 7) is 4.54. The van der Waals surface area contributed by atoms with Gasteiger partial charge in [-0.05, 0) is 154 Å². The number of unbranched alkanes of at least 4 members (excludes halogenated alkanes) is 24. The van der Waals surface area contributed by atoms with Crippen LogP contribution in [0.15, 0.2) is 146 Å². The standard InChI is InChI=1S/C85H142O17P2/c1-5-9-13-17-21-25-29-32-35-37-39-41-44-47-51-54-58-62-66-70-83(88)96-76-81(102-85(90)72-68-64-60-56-52-48-45-42-40-38-36-33-30-26-22-18-14-10-6-2)78-100-104(93,94)98-74-79(86)73-97-103(91,92)99-77-80(101-84(89)71-67-63-59-55-49-28-24-20-16-12-8-4)75-95-82(87)69-65-61-57-53-50-46-43-34-31-27-23-19-15-11-7-3/h9,13,20-27,32-36,39-43,47,51,58,62,79-81,86H,5-8,10-12,14-19,28-31,37-38,44-46,48-50,52-57,59-61,63-78H2,1-4H3,(H,91,92)(H,93,94)/b13-9-,24-20-,25-21-,26-22-,27-23-,35-32-,36-33-,41-39-,42-40-,43-34-,51-47-,62-58-. The van der Waals surface area contributed by atoms with E-state index in [9.17, 15) is 43.2 Å². The number of ether oxygens (including phenoxy) is 4. The summed E-state index contributed by atoms with van der Waals surface area (Å²) in [4.78, 5) is 72.9. The molecule has 0 spiro atoms. The highest BCUT2D eigenvalue weighted by molar-refractivity contribution is 7.47. The van der Waals surface area contributed by atoms with Crippen LogP contribution in [0.3, 0.4) is 0 Å². The van der Waals surface area contributed by atoms with Crippen LogP contribution in [-0.4, -0.2) is 96.7 Å². The lowest BCUT2D eigenvalue weighted by molar-refractivity contribution is -0.161. The van der Waals surface area contributed by atoms with Crippen LogP contribution < -0.4 is 0 Å². The van der Waals surface area contributed by atoms with E-state index in [4.69, 9.17) is 37.0 Å². The number of carbonyl (C=O) groups is 4. The number of rotatable bonds is 74. The Labute approximate surface area is 630 Å². The van der Waals surface area contributed by atoms with E-state index in [2.05, 4.69) is 155 Å². The Balaban J connectivity index is 5.44. The number of phosphoric ester groups is 2. The topological polar surface area (TPSA) is 237 Å². The fourth-order valence-electron chi connectivity index (χ4n) is 10.1. The molecule has 594 valence electrons. The number of aliphatic hydroxyl groups is 1. The Morgan fingerprint density at radius 3 is 0.865 bits per heavy atom. The second-order valence-electron chi connectivity index (χ2n) is 26.3. The van der Waals surface area contributed by atoms with Crippen LogP contribution in [0.1, 0.15) is 310 Å². The average molecular weight is 1500 g/mol. The molecule has 0 heterocycles. The van der Waals surface area contributed by atoms with Crippen molar-refractivity contribution in [2.24, 2.45) is 0 Å². The van der Waals surface area contributed by atoms with Crippen molar-refractivity contribution in [3.05, 3.63) is 146 Å². The molecule has 0 aliphatic rings. The molecule has 0 radical (unpaired) electrons. The molecule has 0 amide bonds. The molecule has 0 fully saturated rings. The molecule has 0 saturated carbocycles. The minimum absolute atomic E-state index is 0.0288. The second-order valence-corrected chi connectivity index (χ2v) is 29.2. The van der Waals surface area contributed by atoms with Gasteiger partial charge in [0.05, 0.1) is 26.4 Å². The van der Waals surface area contributed by atoms with Gasteiger partial charge in [0.2, 0.25) is 0 Å². The van der Waals surface area contributed by atoms with Gasteiger partial charge in [-0.3, -0.25) is 37.3 Å². The smallest absolute Gasteiger partial charge is 0.462 e. The van der Waals surface area contributed by atoms with Crippen LogP contribution >= 0.6 is 15.6 Å². The zero-order valence-corrected chi connectivity index (χ0v) is 66.7. The summed E-state index contributed by atoms with van der Waals surface area (Å²) in [5, 5.41) is 10.6. The van der Waals surface area contributed by atoms with Gasteiger partial charge in [0.1, 0.15) is 19.3 Å². The molecular weight excluding hydrogens is 1350 g/mol. The van der Waals surface area contributed by atoms with Gasteiger partial charge in [0, 0.05) is 25.7 Å². The third-order valence-electron chi connectivity index (χ3n) is 16.3. The number of phosphoric acid groups is 2. The maximum Gasteiger partial charge on any atom is 0.472 e. The highest BCUT2D eigenvalue weighted by atomic mass is 31.2. The van der Waals surface area contributed by atoms with Crippen LogP contribution in [0.5, 0.6) is 0 Å². The summed E-state index contributed by atoms with van der Waals surface area (Å²) >= 11 is 0. The lowest BCUT2D eigenvalue weighted by atomic mass is 10.1. The van der Waals surface area contributed by atoms with Crippen molar-refractivity contribution in [1.29, 1.82) is 0 Å². The fourth-order valence-corrected chi connectivity index (χ4v) is 11.7. The average Bonchev–Trinajstić information content (AvgIpc) is 0.928. The number of carbonyl (C=O) groups excluding carboxylic acids is 4. The second kappa shape index (κ2) is 76.1. The highest BCUT2D eigenvalue weighted by Gasteiger charge is 2.30. The maximum absolute atomic E-state index is 13.1. The Kier molecular flexibility index (Phi) is 72.4. The minimum atomic E-state index is -5.00. The van der Waals surface area contributed by atoms with Crippen LogP contribution in [0, 0.1) is 0 Å². The van der Waals surface area contributed by atoms with E-state index in [1.54, 1.807) is 0 Å². The van der Waals surface area contributed by atoms with E-state index < -0.39 is 97.5 Å². The first-order chi connectivity index (χ1) is 50.7. The zero-order chi connectivity index (χ0) is 76.0. The fraction of sp³-hybridized carbons (Fsp3) is 0.671. The van der Waals surface area contributed by atoms with Crippen LogP contribution in [0.4, 0.5) is 0 Å². The predicted octanol–water partition coefficient (Wildman–Crippen LogP) is 23.4. The van der Waals surface area contributed by atoms with E-state index in [0.717, 1.165) is 173 Å². The van der Waals surface area contributed by atoms with Crippen molar-refractivity contribution < 1.29 is 80.2 Å². The lowest BCUT2D eigenvalue weighted by Gasteiger charge is -2.21. The molecular formula is C85H142O17P2. The van der Waals surface area contributed by atoms with Gasteiger partial charge >= 0.3 is 39.5 Å². The maximum atomic E-state index is 13.1. The summed E-state index contributed by atoms with van der Waals surface area (Å²) in [5.74, 6) is -2.32. The molecule has 0 rings (SSSR count). The Morgan fingerprint density at radius 1 is 0.279 bits per heavy atom. The number of aliphatic hydroxyl groups excluding tert-OH is 1. The molecule has 0 bridgehead atoms. The number of hydrogen-bond acceptors (Lipinski definition) is 15. The van der Waals surface area contributed by atoms with Crippen LogP contribution in [0.2, 0.25) is 0 Å². The third kappa shape index (κ3) is 75.2. The summed E-state index contributed by atoms with van der Waals surface area (Å²) in [6.07, 6.45) is 87.0. The zero-order valence-electron chi connectivity index (χ0n) is 64.9. The van der Waals surface area contributed by atoms with Gasteiger partial charge in [-0.15, -0.1) is 0 Å². The van der Waals surface area contributed by atoms with Gasteiger partial charge in [-0.25, -0.2) is 9.13 Å². The largest absolute Gasteiger partial charge is 0.472 e. The van der Waals surface area contributed by atoms with Crippen LogP contribution in [0.25, 0.3) is 0 Å². The van der Waals surface area contributed by atoms with Crippen molar-refractivity contribution in [2.45, 2.75) is 329 Å². The van der Waals surface area contributed by atoms with Gasteiger partial charge in [-0.1, -0.05) is 276 Å². The molecule has 17 nitrogen and oxygen atoms in total. The monoisotopic (exact) mass is 1500 g/mol. The van der Waals surface area contributed by atoms with Crippen molar-refractivity contribution in [3.63, 3.8) is 0 Å². The molecule has 3 N–H and O–H groups in total. The summed E-state index contributed by atoms with van der Waals surface area (Å²) < 4.78 is 68.5. The Bertz CT molecular complexity index is 2540. The summed E-state index contributed by atoms with van der Waals surface area (Å²) in [7, 11) is -9.99. The molecule has 0 aromatic heterocycles. The van der Waals surface area contributed by atoms with E-state index >= 15 is 0 Å². The minimum Gasteiger partial charge on any atom is -0.462 e. The molecule has 0 aliphatic carbocycles. The Morgan fingerprint density at radius 2 is 0.529 bits per heavy atom. The van der Waals surface area contributed by atoms with Crippen molar-refractivity contribution in [3.8, 4) is 0 Å². The SMILES string of the molecule is CC/C=C\C/C=C\C/C=C\C/C=C\C/C=C\C/C=C\CCC(=O)OCC(COP(=O)(O)OCC(O)COP(=O)(O)OCC(COC(=O)CCCCCCC/C=C\C/C=C\CCCCC)OC(=O)CCCCCCC/C=C\CCCC)OC(=O)CCCCCCCC/C=C\C/C=C\C/C=C\CCCCC.